The second-order valence-electron chi connectivity index (χ2n) is 6.55. The Balaban J connectivity index is 1.85. The zero-order valence-electron chi connectivity index (χ0n) is 13.2. The van der Waals surface area contributed by atoms with Crippen LogP contribution in [0, 0.1) is 11.3 Å². The van der Waals surface area contributed by atoms with E-state index in [1.807, 2.05) is 7.05 Å². The Morgan fingerprint density at radius 3 is 2.48 bits per heavy atom. The lowest BCUT2D eigenvalue weighted by Gasteiger charge is -2.32. The molecule has 1 amide bonds. The summed E-state index contributed by atoms with van der Waals surface area (Å²) in [5.74, 6) is -0.000479. The summed E-state index contributed by atoms with van der Waals surface area (Å²) in [5.41, 5.74) is -0.622. The van der Waals surface area contributed by atoms with E-state index in [9.17, 15) is 10.1 Å². The fraction of sp³-hybridized carbons (Fsp3) is 0.875. The van der Waals surface area contributed by atoms with Crippen LogP contribution in [-0.2, 0) is 4.79 Å². The van der Waals surface area contributed by atoms with Crippen molar-refractivity contribution >= 4 is 5.91 Å². The van der Waals surface area contributed by atoms with E-state index in [2.05, 4.69) is 21.6 Å². The maximum absolute atomic E-state index is 12.3. The molecule has 21 heavy (non-hydrogen) atoms. The van der Waals surface area contributed by atoms with Crippen LogP contribution in [0.4, 0.5) is 0 Å². The van der Waals surface area contributed by atoms with Crippen molar-refractivity contribution in [1.82, 2.24) is 15.5 Å². The normalized spacial score (nSPS) is 23.3. The highest BCUT2D eigenvalue weighted by Crippen LogP contribution is 2.26. The fourth-order valence-corrected chi connectivity index (χ4v) is 3.51. The van der Waals surface area contributed by atoms with E-state index in [4.69, 9.17) is 0 Å². The van der Waals surface area contributed by atoms with E-state index in [0.29, 0.717) is 12.6 Å². The van der Waals surface area contributed by atoms with Crippen molar-refractivity contribution in [2.45, 2.75) is 62.9 Å². The van der Waals surface area contributed by atoms with Gasteiger partial charge < -0.3 is 10.6 Å². The zero-order chi connectivity index (χ0) is 15.1. The molecule has 1 aliphatic heterocycles. The van der Waals surface area contributed by atoms with Crippen LogP contribution in [0.1, 0.15) is 51.4 Å². The van der Waals surface area contributed by atoms with Crippen LogP contribution in [0.25, 0.3) is 0 Å². The number of likely N-dealkylation sites (N-methyl/N-ethyl adjacent to an activating group) is 1. The number of nitriles is 1. The number of carbonyl (C=O) groups is 1. The van der Waals surface area contributed by atoms with Crippen LogP contribution in [0.3, 0.4) is 0 Å². The summed E-state index contributed by atoms with van der Waals surface area (Å²) in [7, 11) is 2.02. The van der Waals surface area contributed by atoms with Gasteiger partial charge in [-0.05, 0) is 45.8 Å². The van der Waals surface area contributed by atoms with Crippen molar-refractivity contribution in [2.24, 2.45) is 0 Å². The van der Waals surface area contributed by atoms with E-state index in [-0.39, 0.29) is 5.91 Å². The number of piperidine rings is 1. The molecule has 0 aromatic heterocycles. The fourth-order valence-electron chi connectivity index (χ4n) is 3.51. The van der Waals surface area contributed by atoms with Crippen molar-refractivity contribution in [3.05, 3.63) is 0 Å². The van der Waals surface area contributed by atoms with Crippen LogP contribution in [0.15, 0.2) is 0 Å². The van der Waals surface area contributed by atoms with Gasteiger partial charge in [-0.1, -0.05) is 25.7 Å². The van der Waals surface area contributed by atoms with Gasteiger partial charge in [-0.15, -0.1) is 0 Å². The predicted molar refractivity (Wildman–Crippen MR) is 82.7 cm³/mol. The van der Waals surface area contributed by atoms with E-state index in [1.54, 1.807) is 0 Å². The number of rotatable bonds is 4. The second kappa shape index (κ2) is 7.77. The maximum Gasteiger partial charge on any atom is 0.235 e. The first-order valence-electron chi connectivity index (χ1n) is 8.28. The topological polar surface area (TPSA) is 68.2 Å². The molecule has 2 rings (SSSR count). The quantitative estimate of drug-likeness (QED) is 0.769. The molecular weight excluding hydrogens is 264 g/mol. The van der Waals surface area contributed by atoms with Crippen molar-refractivity contribution in [1.29, 1.82) is 5.26 Å². The highest BCUT2D eigenvalue weighted by Gasteiger charge is 2.33. The van der Waals surface area contributed by atoms with Crippen molar-refractivity contribution < 1.29 is 4.79 Å². The first-order chi connectivity index (χ1) is 10.2. The van der Waals surface area contributed by atoms with Gasteiger partial charge in [0.25, 0.3) is 0 Å². The molecule has 0 aromatic rings. The van der Waals surface area contributed by atoms with E-state index < -0.39 is 5.54 Å². The Morgan fingerprint density at radius 2 is 1.90 bits per heavy atom. The molecule has 0 spiro atoms. The number of hydrogen-bond donors (Lipinski definition) is 2. The van der Waals surface area contributed by atoms with E-state index in [0.717, 1.165) is 51.6 Å². The summed E-state index contributed by atoms with van der Waals surface area (Å²) in [6.45, 7) is 2.45. The summed E-state index contributed by atoms with van der Waals surface area (Å²) in [6, 6.07) is 2.86. The standard InChI is InChI=1S/C16H28N4O/c1-20(14-6-10-18-11-7-14)12-15(21)19-16(13-17)8-4-2-3-5-9-16/h14,18H,2-12H2,1H3,(H,19,21). The van der Waals surface area contributed by atoms with Gasteiger partial charge in [0.15, 0.2) is 0 Å². The van der Waals surface area contributed by atoms with Crippen molar-refractivity contribution in [3.63, 3.8) is 0 Å². The smallest absolute Gasteiger partial charge is 0.235 e. The molecule has 2 aliphatic rings. The third kappa shape index (κ3) is 4.69. The highest BCUT2D eigenvalue weighted by atomic mass is 16.2. The molecule has 0 aromatic carbocycles. The highest BCUT2D eigenvalue weighted by molar-refractivity contribution is 5.79. The molecule has 0 atom stereocenters. The van der Waals surface area contributed by atoms with Gasteiger partial charge in [-0.25, -0.2) is 0 Å². The van der Waals surface area contributed by atoms with Crippen molar-refractivity contribution in [3.8, 4) is 6.07 Å². The molecule has 0 bridgehead atoms. The largest absolute Gasteiger partial charge is 0.337 e. The predicted octanol–water partition coefficient (Wildman–Crippen LogP) is 1.40. The minimum atomic E-state index is -0.622. The molecule has 118 valence electrons. The Bertz CT molecular complexity index is 376. The number of hydrogen-bond acceptors (Lipinski definition) is 4. The molecule has 2 N–H and O–H groups in total. The minimum Gasteiger partial charge on any atom is -0.337 e. The summed E-state index contributed by atoms with van der Waals surface area (Å²) in [6.07, 6.45) is 8.21. The Hall–Kier alpha value is -1.12. The summed E-state index contributed by atoms with van der Waals surface area (Å²) in [4.78, 5) is 14.5. The van der Waals surface area contributed by atoms with Gasteiger partial charge in [-0.3, -0.25) is 9.69 Å². The van der Waals surface area contributed by atoms with Crippen molar-refractivity contribution in [2.75, 3.05) is 26.7 Å². The molecule has 0 unspecified atom stereocenters. The lowest BCUT2D eigenvalue weighted by atomic mass is 9.92. The molecule has 0 radical (unpaired) electrons. The van der Waals surface area contributed by atoms with Gasteiger partial charge in [0, 0.05) is 6.04 Å². The van der Waals surface area contributed by atoms with Crippen LogP contribution in [0.5, 0.6) is 0 Å². The number of nitrogens with one attached hydrogen (secondary N) is 2. The average Bonchev–Trinajstić information content (AvgIpc) is 2.74. The SMILES string of the molecule is CN(CC(=O)NC1(C#N)CCCCCC1)C1CCNCC1. The van der Waals surface area contributed by atoms with E-state index in [1.165, 1.54) is 12.8 Å². The Labute approximate surface area is 128 Å². The molecule has 1 saturated carbocycles. The lowest BCUT2D eigenvalue weighted by molar-refractivity contribution is -0.124. The Morgan fingerprint density at radius 1 is 1.29 bits per heavy atom. The van der Waals surface area contributed by atoms with E-state index >= 15 is 0 Å². The van der Waals surface area contributed by atoms with Crippen LogP contribution >= 0.6 is 0 Å². The molecular formula is C16H28N4O. The molecule has 2 fully saturated rings. The van der Waals surface area contributed by atoms with Gasteiger partial charge in [-0.2, -0.15) is 5.26 Å². The monoisotopic (exact) mass is 292 g/mol. The van der Waals surface area contributed by atoms with Gasteiger partial charge in [0.1, 0.15) is 5.54 Å². The molecule has 1 saturated heterocycles. The van der Waals surface area contributed by atoms with Gasteiger partial charge >= 0.3 is 0 Å². The molecule has 1 aliphatic carbocycles. The summed E-state index contributed by atoms with van der Waals surface area (Å²) in [5, 5.41) is 15.9. The first-order valence-corrected chi connectivity index (χ1v) is 8.28. The first kappa shape index (κ1) is 16.3. The van der Waals surface area contributed by atoms with Gasteiger partial charge in [0.05, 0.1) is 12.6 Å². The summed E-state index contributed by atoms with van der Waals surface area (Å²) >= 11 is 0. The number of nitrogens with zero attached hydrogens (tertiary/aromatic N) is 2. The van der Waals surface area contributed by atoms with Crippen LogP contribution < -0.4 is 10.6 Å². The minimum absolute atomic E-state index is 0.000479. The third-order valence-electron chi connectivity index (χ3n) is 4.87. The van der Waals surface area contributed by atoms with Crippen LogP contribution in [0.2, 0.25) is 0 Å². The number of carbonyl (C=O) groups excluding carboxylic acids is 1. The third-order valence-corrected chi connectivity index (χ3v) is 4.87. The zero-order valence-corrected chi connectivity index (χ0v) is 13.2. The second-order valence-corrected chi connectivity index (χ2v) is 6.55. The Kier molecular flexibility index (Phi) is 6.01. The number of amides is 1. The molecule has 1 heterocycles. The average molecular weight is 292 g/mol. The maximum atomic E-state index is 12.3. The molecule has 5 heteroatoms. The molecule has 5 nitrogen and oxygen atoms in total. The van der Waals surface area contributed by atoms with Gasteiger partial charge in [0.2, 0.25) is 5.91 Å². The van der Waals surface area contributed by atoms with Crippen LogP contribution in [-0.4, -0.2) is 49.1 Å². The summed E-state index contributed by atoms with van der Waals surface area (Å²) < 4.78 is 0. The lowest BCUT2D eigenvalue weighted by Crippen LogP contribution is -2.52.